The Hall–Kier alpha value is -3.40. The summed E-state index contributed by atoms with van der Waals surface area (Å²) in [6, 6.07) is 28.2. The zero-order chi connectivity index (χ0) is 19.3. The van der Waals surface area contributed by atoms with Crippen molar-refractivity contribution in [1.82, 2.24) is 5.32 Å². The van der Waals surface area contributed by atoms with Crippen molar-refractivity contribution in [1.29, 1.82) is 0 Å². The van der Waals surface area contributed by atoms with Gasteiger partial charge in [0.1, 0.15) is 0 Å². The van der Waals surface area contributed by atoms with Crippen LogP contribution in [0.3, 0.4) is 0 Å². The molecule has 28 heavy (non-hydrogen) atoms. The number of para-hydroxylation sites is 1. The topological polar surface area (TPSA) is 49.4 Å². The van der Waals surface area contributed by atoms with Crippen molar-refractivity contribution < 1.29 is 9.59 Å². The molecule has 0 bridgehead atoms. The number of nitrogens with one attached hydrogen (secondary N) is 1. The summed E-state index contributed by atoms with van der Waals surface area (Å²) in [4.78, 5) is 27.8. The van der Waals surface area contributed by atoms with Gasteiger partial charge in [-0.1, -0.05) is 66.7 Å². The molecule has 0 radical (unpaired) electrons. The van der Waals surface area contributed by atoms with Crippen LogP contribution in [0.15, 0.2) is 91.0 Å². The van der Waals surface area contributed by atoms with Crippen LogP contribution < -0.4 is 10.2 Å². The standard InChI is InChI=1S/C24H22N2O2/c27-23(19-12-6-2-7-13-19)25-22(18-10-4-1-5-11-18)21-16-17-26(24(21)28)20-14-8-3-9-15-20/h1-15,21-22H,16-17H2,(H,25,27)/t21-,22-/m0/s1. The van der Waals surface area contributed by atoms with Gasteiger partial charge in [0.15, 0.2) is 0 Å². The Morgan fingerprint density at radius 1 is 0.857 bits per heavy atom. The molecule has 0 spiro atoms. The predicted molar refractivity (Wildman–Crippen MR) is 110 cm³/mol. The van der Waals surface area contributed by atoms with Gasteiger partial charge in [-0.15, -0.1) is 0 Å². The molecule has 1 fully saturated rings. The highest BCUT2D eigenvalue weighted by molar-refractivity contribution is 5.99. The Balaban J connectivity index is 1.61. The third-order valence-corrected chi connectivity index (χ3v) is 5.20. The predicted octanol–water partition coefficient (Wildman–Crippen LogP) is 4.21. The fourth-order valence-electron chi connectivity index (χ4n) is 3.77. The quantitative estimate of drug-likeness (QED) is 0.731. The molecule has 0 unspecified atom stereocenters. The zero-order valence-electron chi connectivity index (χ0n) is 15.5. The van der Waals surface area contributed by atoms with Crippen LogP contribution in [0, 0.1) is 5.92 Å². The molecule has 3 aromatic rings. The van der Waals surface area contributed by atoms with E-state index in [1.54, 1.807) is 12.1 Å². The zero-order valence-corrected chi connectivity index (χ0v) is 15.5. The van der Waals surface area contributed by atoms with Gasteiger partial charge in [0.2, 0.25) is 5.91 Å². The average Bonchev–Trinajstić information content (AvgIpc) is 3.15. The molecule has 3 aromatic carbocycles. The minimum Gasteiger partial charge on any atom is -0.344 e. The molecule has 0 aliphatic carbocycles. The van der Waals surface area contributed by atoms with Crippen molar-refractivity contribution in [3.05, 3.63) is 102 Å². The van der Waals surface area contributed by atoms with Crippen LogP contribution in [0.2, 0.25) is 0 Å². The van der Waals surface area contributed by atoms with Crippen molar-refractivity contribution in [3.8, 4) is 0 Å². The molecule has 4 rings (SSSR count). The summed E-state index contributed by atoms with van der Waals surface area (Å²) in [6.07, 6.45) is 0.697. The van der Waals surface area contributed by atoms with Crippen LogP contribution in [-0.2, 0) is 4.79 Å². The van der Waals surface area contributed by atoms with E-state index in [1.807, 2.05) is 83.8 Å². The van der Waals surface area contributed by atoms with E-state index in [0.29, 0.717) is 18.5 Å². The maximum absolute atomic E-state index is 13.2. The number of hydrogen-bond donors (Lipinski definition) is 1. The van der Waals surface area contributed by atoms with Crippen molar-refractivity contribution in [2.75, 3.05) is 11.4 Å². The monoisotopic (exact) mass is 370 g/mol. The summed E-state index contributed by atoms with van der Waals surface area (Å²) in [5.74, 6) is -0.413. The SMILES string of the molecule is O=C(N[C@@H](c1ccccc1)[C@@H]1CCN(c2ccccc2)C1=O)c1ccccc1. The van der Waals surface area contributed by atoms with Crippen LogP contribution in [0.1, 0.15) is 28.4 Å². The van der Waals surface area contributed by atoms with E-state index < -0.39 is 0 Å². The maximum Gasteiger partial charge on any atom is 0.251 e. The van der Waals surface area contributed by atoms with E-state index in [-0.39, 0.29) is 23.8 Å². The molecule has 1 aliphatic rings. The van der Waals surface area contributed by atoms with E-state index in [2.05, 4.69) is 5.32 Å². The van der Waals surface area contributed by atoms with Crippen LogP contribution in [0.4, 0.5) is 5.69 Å². The van der Waals surface area contributed by atoms with Gasteiger partial charge in [0, 0.05) is 17.8 Å². The molecule has 1 aliphatic heterocycles. The van der Waals surface area contributed by atoms with Gasteiger partial charge in [0.25, 0.3) is 5.91 Å². The number of carbonyl (C=O) groups is 2. The first kappa shape index (κ1) is 18.0. The molecule has 4 heteroatoms. The number of amides is 2. The highest BCUT2D eigenvalue weighted by atomic mass is 16.2. The van der Waals surface area contributed by atoms with Gasteiger partial charge >= 0.3 is 0 Å². The third kappa shape index (κ3) is 3.67. The Bertz CT molecular complexity index is 942. The highest BCUT2D eigenvalue weighted by Gasteiger charge is 2.39. The first-order valence-corrected chi connectivity index (χ1v) is 9.51. The molecule has 1 heterocycles. The van der Waals surface area contributed by atoms with Gasteiger partial charge in [-0.25, -0.2) is 0 Å². The average molecular weight is 370 g/mol. The van der Waals surface area contributed by atoms with Crippen LogP contribution in [-0.4, -0.2) is 18.4 Å². The first-order chi connectivity index (χ1) is 13.7. The van der Waals surface area contributed by atoms with E-state index in [4.69, 9.17) is 0 Å². The lowest BCUT2D eigenvalue weighted by Crippen LogP contribution is -2.37. The largest absolute Gasteiger partial charge is 0.344 e. The molecule has 2 amide bonds. The van der Waals surface area contributed by atoms with Crippen LogP contribution in [0.25, 0.3) is 0 Å². The summed E-state index contributed by atoms with van der Waals surface area (Å²) in [5, 5.41) is 3.11. The van der Waals surface area contributed by atoms with Crippen LogP contribution >= 0.6 is 0 Å². The van der Waals surface area contributed by atoms with Gasteiger partial charge < -0.3 is 10.2 Å². The van der Waals surface area contributed by atoms with E-state index >= 15 is 0 Å². The maximum atomic E-state index is 13.2. The minimum absolute atomic E-state index is 0.0495. The smallest absolute Gasteiger partial charge is 0.251 e. The second-order valence-corrected chi connectivity index (χ2v) is 6.95. The van der Waals surface area contributed by atoms with Gasteiger partial charge in [-0.05, 0) is 36.2 Å². The fraction of sp³-hybridized carbons (Fsp3) is 0.167. The molecule has 1 N–H and O–H groups in total. The molecule has 2 atom stereocenters. The molecular formula is C24H22N2O2. The van der Waals surface area contributed by atoms with Crippen molar-refractivity contribution in [2.45, 2.75) is 12.5 Å². The number of rotatable bonds is 5. The Labute approximate surface area is 164 Å². The lowest BCUT2D eigenvalue weighted by molar-refractivity contribution is -0.121. The summed E-state index contributed by atoms with van der Waals surface area (Å²) in [5.41, 5.74) is 2.44. The molecule has 0 saturated carbocycles. The lowest BCUT2D eigenvalue weighted by Gasteiger charge is -2.25. The van der Waals surface area contributed by atoms with E-state index in [1.165, 1.54) is 0 Å². The number of benzene rings is 3. The summed E-state index contributed by atoms with van der Waals surface area (Å²) >= 11 is 0. The Morgan fingerprint density at radius 2 is 1.43 bits per heavy atom. The van der Waals surface area contributed by atoms with E-state index in [9.17, 15) is 9.59 Å². The van der Waals surface area contributed by atoms with E-state index in [0.717, 1.165) is 11.3 Å². The highest BCUT2D eigenvalue weighted by Crippen LogP contribution is 2.34. The second kappa shape index (κ2) is 8.09. The van der Waals surface area contributed by atoms with Gasteiger partial charge in [0.05, 0.1) is 12.0 Å². The first-order valence-electron chi connectivity index (χ1n) is 9.51. The number of anilines is 1. The van der Waals surface area contributed by atoms with Crippen molar-refractivity contribution >= 4 is 17.5 Å². The minimum atomic E-state index is -0.366. The Kier molecular flexibility index (Phi) is 5.20. The molecule has 4 nitrogen and oxygen atoms in total. The molecule has 0 aromatic heterocycles. The van der Waals surface area contributed by atoms with Gasteiger partial charge in [-0.3, -0.25) is 9.59 Å². The van der Waals surface area contributed by atoms with Crippen LogP contribution in [0.5, 0.6) is 0 Å². The van der Waals surface area contributed by atoms with Crippen molar-refractivity contribution in [3.63, 3.8) is 0 Å². The summed E-state index contributed by atoms with van der Waals surface area (Å²) in [6.45, 7) is 0.651. The molecular weight excluding hydrogens is 348 g/mol. The van der Waals surface area contributed by atoms with Gasteiger partial charge in [-0.2, -0.15) is 0 Å². The second-order valence-electron chi connectivity index (χ2n) is 6.95. The normalized spacial score (nSPS) is 17.4. The number of carbonyl (C=O) groups excluding carboxylic acids is 2. The Morgan fingerprint density at radius 3 is 2.07 bits per heavy atom. The molecule has 1 saturated heterocycles. The van der Waals surface area contributed by atoms with Crippen molar-refractivity contribution in [2.24, 2.45) is 5.92 Å². The fourth-order valence-corrected chi connectivity index (χ4v) is 3.77. The summed E-state index contributed by atoms with van der Waals surface area (Å²) in [7, 11) is 0. The third-order valence-electron chi connectivity index (χ3n) is 5.20. The lowest BCUT2D eigenvalue weighted by atomic mass is 9.91. The summed E-state index contributed by atoms with van der Waals surface area (Å²) < 4.78 is 0. The molecule has 140 valence electrons. The number of hydrogen-bond acceptors (Lipinski definition) is 2. The number of nitrogens with zero attached hydrogens (tertiary/aromatic N) is 1.